The molecule has 0 spiro atoms. The first-order valence-electron chi connectivity index (χ1n) is 7.61. The molecule has 122 valence electrons. The van der Waals surface area contributed by atoms with Gasteiger partial charge in [-0.2, -0.15) is 0 Å². The molecule has 0 radical (unpaired) electrons. The Kier molecular flexibility index (Phi) is 7.02. The molecule has 2 amide bonds. The maximum atomic E-state index is 13.5. The fourth-order valence-corrected chi connectivity index (χ4v) is 2.16. The fourth-order valence-electron chi connectivity index (χ4n) is 2.16. The van der Waals surface area contributed by atoms with Crippen LogP contribution in [0.1, 0.15) is 33.3 Å². The summed E-state index contributed by atoms with van der Waals surface area (Å²) in [5.41, 5.74) is 0.364. The molecule has 0 heterocycles. The van der Waals surface area contributed by atoms with E-state index in [1.165, 1.54) is 6.07 Å². The van der Waals surface area contributed by atoms with Crippen molar-refractivity contribution >= 4 is 11.8 Å². The Labute approximate surface area is 131 Å². The number of carbonyl (C=O) groups is 2. The molecular weight excluding hydrogens is 283 g/mol. The van der Waals surface area contributed by atoms with Gasteiger partial charge in [-0.25, -0.2) is 4.39 Å². The van der Waals surface area contributed by atoms with Crippen LogP contribution in [0.25, 0.3) is 0 Å². The summed E-state index contributed by atoms with van der Waals surface area (Å²) in [5.74, 6) is -1.08. The van der Waals surface area contributed by atoms with Crippen LogP contribution in [-0.2, 0) is 16.1 Å². The fraction of sp³-hybridized carbons (Fsp3) is 0.529. The van der Waals surface area contributed by atoms with E-state index in [9.17, 15) is 14.0 Å². The van der Waals surface area contributed by atoms with E-state index in [0.29, 0.717) is 18.7 Å². The highest BCUT2D eigenvalue weighted by Crippen LogP contribution is 2.07. The molecule has 1 aromatic rings. The average molecular weight is 308 g/mol. The maximum absolute atomic E-state index is 13.5. The summed E-state index contributed by atoms with van der Waals surface area (Å²) >= 11 is 0. The van der Waals surface area contributed by atoms with Crippen LogP contribution in [0.2, 0.25) is 0 Å². The molecule has 5 heteroatoms. The minimum absolute atomic E-state index is 0.00838. The smallest absolute Gasteiger partial charge is 0.311 e. The number of halogens is 1. The average Bonchev–Trinajstić information content (AvgIpc) is 2.43. The highest BCUT2D eigenvalue weighted by molar-refractivity contribution is 6.34. The van der Waals surface area contributed by atoms with E-state index < -0.39 is 17.6 Å². The second-order valence-corrected chi connectivity index (χ2v) is 6.27. The van der Waals surface area contributed by atoms with Crippen LogP contribution in [-0.4, -0.2) is 29.8 Å². The molecule has 4 nitrogen and oxygen atoms in total. The van der Waals surface area contributed by atoms with E-state index >= 15 is 0 Å². The van der Waals surface area contributed by atoms with Crippen molar-refractivity contribution in [2.24, 2.45) is 11.8 Å². The highest BCUT2D eigenvalue weighted by atomic mass is 19.1. The van der Waals surface area contributed by atoms with Crippen LogP contribution in [0.4, 0.5) is 4.39 Å². The number of hydrogen-bond acceptors (Lipinski definition) is 2. The van der Waals surface area contributed by atoms with E-state index in [1.807, 2.05) is 27.7 Å². The first-order valence-corrected chi connectivity index (χ1v) is 7.61. The Bertz CT molecular complexity index is 505. The van der Waals surface area contributed by atoms with Crippen molar-refractivity contribution in [1.82, 2.24) is 10.2 Å². The lowest BCUT2D eigenvalue weighted by molar-refractivity contribution is -0.146. The topological polar surface area (TPSA) is 49.4 Å². The van der Waals surface area contributed by atoms with Gasteiger partial charge < -0.3 is 10.2 Å². The molecule has 0 saturated heterocycles. The molecule has 0 atom stereocenters. The van der Waals surface area contributed by atoms with Crippen molar-refractivity contribution in [1.29, 1.82) is 0 Å². The van der Waals surface area contributed by atoms with Gasteiger partial charge in [0.25, 0.3) is 0 Å². The molecule has 0 aliphatic carbocycles. The largest absolute Gasteiger partial charge is 0.344 e. The van der Waals surface area contributed by atoms with Crippen molar-refractivity contribution in [3.05, 3.63) is 35.6 Å². The third kappa shape index (κ3) is 5.84. The molecule has 0 bridgehead atoms. The van der Waals surface area contributed by atoms with Crippen molar-refractivity contribution in [2.45, 2.75) is 34.2 Å². The van der Waals surface area contributed by atoms with Crippen LogP contribution < -0.4 is 5.32 Å². The van der Waals surface area contributed by atoms with Crippen molar-refractivity contribution in [2.75, 3.05) is 13.1 Å². The Balaban J connectivity index is 2.65. The molecule has 0 saturated carbocycles. The van der Waals surface area contributed by atoms with Crippen LogP contribution in [0, 0.1) is 17.7 Å². The first-order chi connectivity index (χ1) is 10.3. The Morgan fingerprint density at radius 2 is 1.64 bits per heavy atom. The number of rotatable bonds is 6. The zero-order chi connectivity index (χ0) is 16.7. The monoisotopic (exact) mass is 308 g/mol. The Hall–Kier alpha value is -1.91. The van der Waals surface area contributed by atoms with E-state index in [0.717, 1.165) is 0 Å². The second-order valence-electron chi connectivity index (χ2n) is 6.27. The first kappa shape index (κ1) is 18.1. The predicted molar refractivity (Wildman–Crippen MR) is 84.5 cm³/mol. The van der Waals surface area contributed by atoms with Gasteiger partial charge in [-0.3, -0.25) is 9.59 Å². The van der Waals surface area contributed by atoms with Crippen LogP contribution >= 0.6 is 0 Å². The molecule has 0 unspecified atom stereocenters. The van der Waals surface area contributed by atoms with Gasteiger partial charge in [0, 0.05) is 25.2 Å². The lowest BCUT2D eigenvalue weighted by Crippen LogP contribution is -2.45. The van der Waals surface area contributed by atoms with Crippen molar-refractivity contribution in [3.8, 4) is 0 Å². The Morgan fingerprint density at radius 3 is 2.14 bits per heavy atom. The summed E-state index contributed by atoms with van der Waals surface area (Å²) in [6.45, 7) is 9.06. The molecule has 22 heavy (non-hydrogen) atoms. The van der Waals surface area contributed by atoms with E-state index in [2.05, 4.69) is 5.32 Å². The molecule has 0 aliphatic heterocycles. The summed E-state index contributed by atoms with van der Waals surface area (Å²) in [5, 5.41) is 2.50. The van der Waals surface area contributed by atoms with Gasteiger partial charge in [0.05, 0.1) is 0 Å². The number of amides is 2. The standard InChI is InChI=1S/C17H25FN2O2/c1-12(2)10-20(11-13(3)4)17(22)16(21)19-9-14-7-5-6-8-15(14)18/h5-8,12-13H,9-11H2,1-4H3,(H,19,21). The van der Waals surface area contributed by atoms with Crippen LogP contribution in [0.3, 0.4) is 0 Å². The van der Waals surface area contributed by atoms with Gasteiger partial charge >= 0.3 is 11.8 Å². The number of benzene rings is 1. The lowest BCUT2D eigenvalue weighted by atomic mass is 10.1. The van der Waals surface area contributed by atoms with Gasteiger partial charge in [-0.15, -0.1) is 0 Å². The van der Waals surface area contributed by atoms with E-state index in [4.69, 9.17) is 0 Å². The quantitative estimate of drug-likeness (QED) is 0.821. The molecule has 1 N–H and O–H groups in total. The number of hydrogen-bond donors (Lipinski definition) is 1. The van der Waals surface area contributed by atoms with E-state index in [-0.39, 0.29) is 18.4 Å². The second kappa shape index (κ2) is 8.51. The van der Waals surface area contributed by atoms with Crippen LogP contribution in [0.5, 0.6) is 0 Å². The van der Waals surface area contributed by atoms with Gasteiger partial charge in [-0.05, 0) is 17.9 Å². The normalized spacial score (nSPS) is 10.9. The zero-order valence-electron chi connectivity index (χ0n) is 13.7. The van der Waals surface area contributed by atoms with Crippen molar-refractivity contribution in [3.63, 3.8) is 0 Å². The Morgan fingerprint density at radius 1 is 1.09 bits per heavy atom. The predicted octanol–water partition coefficient (Wildman–Crippen LogP) is 2.58. The third-order valence-corrected chi connectivity index (χ3v) is 3.05. The molecule has 1 aromatic carbocycles. The number of nitrogens with one attached hydrogen (secondary N) is 1. The number of nitrogens with zero attached hydrogens (tertiary/aromatic N) is 1. The summed E-state index contributed by atoms with van der Waals surface area (Å²) in [6, 6.07) is 6.18. The third-order valence-electron chi connectivity index (χ3n) is 3.05. The summed E-state index contributed by atoms with van der Waals surface area (Å²) in [4.78, 5) is 25.8. The molecule has 0 aromatic heterocycles. The molecule has 0 fully saturated rings. The van der Waals surface area contributed by atoms with Gasteiger partial charge in [0.2, 0.25) is 0 Å². The highest BCUT2D eigenvalue weighted by Gasteiger charge is 2.23. The lowest BCUT2D eigenvalue weighted by Gasteiger charge is -2.25. The van der Waals surface area contributed by atoms with Gasteiger partial charge in [-0.1, -0.05) is 45.9 Å². The SMILES string of the molecule is CC(C)CN(CC(C)C)C(=O)C(=O)NCc1ccccc1F. The minimum Gasteiger partial charge on any atom is -0.344 e. The molecular formula is C17H25FN2O2. The summed E-state index contributed by atoms with van der Waals surface area (Å²) < 4.78 is 13.5. The van der Waals surface area contributed by atoms with Crippen molar-refractivity contribution < 1.29 is 14.0 Å². The summed E-state index contributed by atoms with van der Waals surface area (Å²) in [6.07, 6.45) is 0. The van der Waals surface area contributed by atoms with E-state index in [1.54, 1.807) is 23.1 Å². The zero-order valence-corrected chi connectivity index (χ0v) is 13.7. The minimum atomic E-state index is -0.690. The molecule has 0 aliphatic rings. The van der Waals surface area contributed by atoms with Gasteiger partial charge in [0.1, 0.15) is 5.82 Å². The van der Waals surface area contributed by atoms with Crippen LogP contribution in [0.15, 0.2) is 24.3 Å². The summed E-state index contributed by atoms with van der Waals surface area (Å²) in [7, 11) is 0. The maximum Gasteiger partial charge on any atom is 0.311 e. The molecule has 1 rings (SSSR count). The van der Waals surface area contributed by atoms with Gasteiger partial charge in [0.15, 0.2) is 0 Å². The number of carbonyl (C=O) groups excluding carboxylic acids is 2.